The Balaban J connectivity index is 1.18. The standard InChI is InChI=1S/C24H27N5O3/c30-21-4-3-20(22(31)27-21)28-11-16-9-15(1-2-19(16)23(28)32)17-10-26-29(12-17)18-5-7-24(8-6-18)13-25-14-24/h1-2,9-10,12,18,20,25H,3-8,11,13-14H2,(H,27,30,31). The molecule has 3 amide bonds. The molecular formula is C24H27N5O3. The van der Waals surface area contributed by atoms with Gasteiger partial charge in [0.2, 0.25) is 11.8 Å². The van der Waals surface area contributed by atoms with Gasteiger partial charge in [-0.1, -0.05) is 6.07 Å². The Morgan fingerprint density at radius 1 is 1.03 bits per heavy atom. The molecule has 4 heterocycles. The highest BCUT2D eigenvalue weighted by Gasteiger charge is 2.41. The minimum atomic E-state index is -0.584. The van der Waals surface area contributed by atoms with Crippen LogP contribution in [0.4, 0.5) is 0 Å². The fourth-order valence-electron chi connectivity index (χ4n) is 5.75. The molecule has 1 aromatic carbocycles. The lowest BCUT2D eigenvalue weighted by molar-refractivity contribution is -0.136. The first-order chi connectivity index (χ1) is 15.5. The van der Waals surface area contributed by atoms with Crippen LogP contribution in [0, 0.1) is 5.41 Å². The molecule has 0 radical (unpaired) electrons. The van der Waals surface area contributed by atoms with Crippen LogP contribution in [0.5, 0.6) is 0 Å². The van der Waals surface area contributed by atoms with Crippen LogP contribution in [-0.2, 0) is 16.1 Å². The van der Waals surface area contributed by atoms with Crippen molar-refractivity contribution in [2.75, 3.05) is 13.1 Å². The predicted molar refractivity (Wildman–Crippen MR) is 117 cm³/mol. The molecule has 2 saturated heterocycles. The van der Waals surface area contributed by atoms with Crippen LogP contribution in [-0.4, -0.2) is 51.5 Å². The lowest BCUT2D eigenvalue weighted by Gasteiger charge is -2.47. The Morgan fingerprint density at radius 3 is 2.56 bits per heavy atom. The van der Waals surface area contributed by atoms with Crippen molar-refractivity contribution >= 4 is 17.7 Å². The summed E-state index contributed by atoms with van der Waals surface area (Å²) in [5.41, 5.74) is 4.17. The molecule has 3 aliphatic heterocycles. The Bertz CT molecular complexity index is 1110. The first-order valence-electron chi connectivity index (χ1n) is 11.5. The van der Waals surface area contributed by atoms with Crippen LogP contribution in [0.3, 0.4) is 0 Å². The summed E-state index contributed by atoms with van der Waals surface area (Å²) >= 11 is 0. The molecule has 3 fully saturated rings. The fourth-order valence-corrected chi connectivity index (χ4v) is 5.75. The van der Waals surface area contributed by atoms with Gasteiger partial charge in [-0.05, 0) is 60.8 Å². The zero-order valence-electron chi connectivity index (χ0n) is 18.0. The van der Waals surface area contributed by atoms with E-state index in [9.17, 15) is 14.4 Å². The van der Waals surface area contributed by atoms with E-state index in [1.807, 2.05) is 24.4 Å². The van der Waals surface area contributed by atoms with E-state index in [1.165, 1.54) is 25.7 Å². The number of carbonyl (C=O) groups is 3. The van der Waals surface area contributed by atoms with Crippen LogP contribution in [0.2, 0.25) is 0 Å². The van der Waals surface area contributed by atoms with Gasteiger partial charge in [0.1, 0.15) is 6.04 Å². The van der Waals surface area contributed by atoms with Crippen molar-refractivity contribution in [1.29, 1.82) is 0 Å². The van der Waals surface area contributed by atoms with Gasteiger partial charge in [0.15, 0.2) is 0 Å². The van der Waals surface area contributed by atoms with E-state index in [-0.39, 0.29) is 24.1 Å². The molecule has 4 aliphatic rings. The molecule has 2 aromatic rings. The first kappa shape index (κ1) is 19.7. The smallest absolute Gasteiger partial charge is 0.255 e. The number of imide groups is 1. The number of hydrogen-bond donors (Lipinski definition) is 2. The maximum Gasteiger partial charge on any atom is 0.255 e. The van der Waals surface area contributed by atoms with Crippen molar-refractivity contribution in [3.63, 3.8) is 0 Å². The molecule has 2 N–H and O–H groups in total. The molecule has 1 atom stereocenters. The average molecular weight is 434 g/mol. The van der Waals surface area contributed by atoms with Gasteiger partial charge in [-0.2, -0.15) is 5.10 Å². The van der Waals surface area contributed by atoms with E-state index in [0.717, 1.165) is 29.8 Å². The summed E-state index contributed by atoms with van der Waals surface area (Å²) in [5.74, 6) is -0.790. The number of benzene rings is 1. The van der Waals surface area contributed by atoms with Gasteiger partial charge in [0.25, 0.3) is 5.91 Å². The topological polar surface area (TPSA) is 96.3 Å². The summed E-state index contributed by atoms with van der Waals surface area (Å²) in [4.78, 5) is 38.2. The van der Waals surface area contributed by atoms with E-state index in [4.69, 9.17) is 0 Å². The lowest BCUT2D eigenvalue weighted by Crippen LogP contribution is -2.54. The number of fused-ring (bicyclic) bond motifs is 1. The second kappa shape index (κ2) is 7.27. The number of amides is 3. The lowest BCUT2D eigenvalue weighted by atomic mass is 9.68. The van der Waals surface area contributed by atoms with Crippen molar-refractivity contribution in [1.82, 2.24) is 25.3 Å². The molecule has 1 aliphatic carbocycles. The van der Waals surface area contributed by atoms with Crippen LogP contribution >= 0.6 is 0 Å². The Morgan fingerprint density at radius 2 is 1.84 bits per heavy atom. The third-order valence-corrected chi connectivity index (χ3v) is 7.85. The second-order valence-corrected chi connectivity index (χ2v) is 9.82. The Labute approximate surface area is 186 Å². The number of hydrogen-bond acceptors (Lipinski definition) is 5. The van der Waals surface area contributed by atoms with E-state index < -0.39 is 6.04 Å². The van der Waals surface area contributed by atoms with Crippen molar-refractivity contribution in [2.45, 2.75) is 57.2 Å². The second-order valence-electron chi connectivity index (χ2n) is 9.82. The third kappa shape index (κ3) is 3.16. The highest BCUT2D eigenvalue weighted by atomic mass is 16.2. The average Bonchev–Trinajstić information content (AvgIpc) is 3.38. The maximum absolute atomic E-state index is 12.9. The summed E-state index contributed by atoms with van der Waals surface area (Å²) in [6.45, 7) is 2.71. The van der Waals surface area contributed by atoms with E-state index >= 15 is 0 Å². The van der Waals surface area contributed by atoms with Crippen LogP contribution in [0.1, 0.15) is 60.5 Å². The van der Waals surface area contributed by atoms with Gasteiger partial charge in [-0.3, -0.25) is 24.4 Å². The summed E-state index contributed by atoms with van der Waals surface area (Å²) in [6.07, 6.45) is 9.53. The maximum atomic E-state index is 12.9. The normalized spacial score (nSPS) is 25.1. The number of carbonyl (C=O) groups excluding carboxylic acids is 3. The van der Waals surface area contributed by atoms with Gasteiger partial charge < -0.3 is 10.2 Å². The molecule has 166 valence electrons. The van der Waals surface area contributed by atoms with Crippen molar-refractivity contribution in [3.8, 4) is 11.1 Å². The summed E-state index contributed by atoms with van der Waals surface area (Å²) in [5, 5.41) is 10.4. The monoisotopic (exact) mass is 433 g/mol. The van der Waals surface area contributed by atoms with Gasteiger partial charge in [-0.25, -0.2) is 0 Å². The third-order valence-electron chi connectivity index (χ3n) is 7.85. The first-order valence-corrected chi connectivity index (χ1v) is 11.5. The fraction of sp³-hybridized carbons (Fsp3) is 0.500. The highest BCUT2D eigenvalue weighted by Crippen LogP contribution is 2.43. The molecular weight excluding hydrogens is 406 g/mol. The molecule has 6 rings (SSSR count). The predicted octanol–water partition coefficient (Wildman–Crippen LogP) is 2.02. The van der Waals surface area contributed by atoms with Crippen LogP contribution in [0.15, 0.2) is 30.6 Å². The number of aromatic nitrogens is 2. The molecule has 1 saturated carbocycles. The molecule has 32 heavy (non-hydrogen) atoms. The van der Waals surface area contributed by atoms with Crippen molar-refractivity contribution < 1.29 is 14.4 Å². The van der Waals surface area contributed by atoms with Crippen molar-refractivity contribution in [2.24, 2.45) is 5.41 Å². The Kier molecular flexibility index (Phi) is 4.47. The molecule has 1 unspecified atom stereocenters. The highest BCUT2D eigenvalue weighted by molar-refractivity contribution is 6.05. The molecule has 8 heteroatoms. The molecule has 0 bridgehead atoms. The minimum Gasteiger partial charge on any atom is -0.322 e. The zero-order chi connectivity index (χ0) is 21.9. The largest absolute Gasteiger partial charge is 0.322 e. The van der Waals surface area contributed by atoms with Crippen LogP contribution < -0.4 is 10.6 Å². The van der Waals surface area contributed by atoms with Crippen molar-refractivity contribution in [3.05, 3.63) is 41.7 Å². The summed E-state index contributed by atoms with van der Waals surface area (Å²) in [6, 6.07) is 5.72. The minimum absolute atomic E-state index is 0.140. The van der Waals surface area contributed by atoms with Crippen LogP contribution in [0.25, 0.3) is 11.1 Å². The van der Waals surface area contributed by atoms with Gasteiger partial charge in [0.05, 0.1) is 12.2 Å². The summed E-state index contributed by atoms with van der Waals surface area (Å²) < 4.78 is 2.11. The van der Waals surface area contributed by atoms with Gasteiger partial charge in [0, 0.05) is 43.4 Å². The zero-order valence-corrected chi connectivity index (χ0v) is 18.0. The molecule has 8 nitrogen and oxygen atoms in total. The van der Waals surface area contributed by atoms with E-state index in [2.05, 4.69) is 26.6 Å². The van der Waals surface area contributed by atoms with Gasteiger partial charge >= 0.3 is 0 Å². The Hall–Kier alpha value is -3.00. The summed E-state index contributed by atoms with van der Waals surface area (Å²) in [7, 11) is 0. The molecule has 1 spiro atoms. The number of nitrogens with zero attached hydrogens (tertiary/aromatic N) is 3. The van der Waals surface area contributed by atoms with E-state index in [0.29, 0.717) is 30.0 Å². The molecule has 1 aromatic heterocycles. The SMILES string of the molecule is O=C1CCC(N2Cc3cc(-c4cnn(C5CCC6(CC5)CNC6)c4)ccc3C2=O)C(=O)N1. The number of nitrogens with one attached hydrogen (secondary N) is 2. The number of piperidine rings is 1. The number of rotatable bonds is 3. The van der Waals surface area contributed by atoms with E-state index in [1.54, 1.807) is 4.90 Å². The quantitative estimate of drug-likeness (QED) is 0.722. The van der Waals surface area contributed by atoms with Gasteiger partial charge in [-0.15, -0.1) is 0 Å².